The van der Waals surface area contributed by atoms with E-state index in [0.29, 0.717) is 18.5 Å². The Hall–Kier alpha value is -1.83. The van der Waals surface area contributed by atoms with E-state index in [1.807, 2.05) is 0 Å². The fraction of sp³-hybridized carbons (Fsp3) is 0.417. The molecule has 2 N–H and O–H groups in total. The zero-order chi connectivity index (χ0) is 14.8. The molecule has 0 fully saturated rings. The summed E-state index contributed by atoms with van der Waals surface area (Å²) in [6.07, 6.45) is 1.32. The van der Waals surface area contributed by atoms with E-state index >= 15 is 0 Å². The number of sulfonamides is 1. The van der Waals surface area contributed by atoms with E-state index in [-0.39, 0.29) is 11.4 Å². The smallest absolute Gasteiger partial charge is 0.229 e. The molecule has 110 valence electrons. The topological polar surface area (TPSA) is 79.8 Å². The lowest BCUT2D eigenvalue weighted by Crippen LogP contribution is -2.21. The summed E-state index contributed by atoms with van der Waals surface area (Å²) in [6, 6.07) is 2.59. The molecular weight excluding hydrogens is 285 g/mol. The van der Waals surface area contributed by atoms with Gasteiger partial charge in [-0.15, -0.1) is 0 Å². The van der Waals surface area contributed by atoms with Crippen molar-refractivity contribution in [3.05, 3.63) is 23.5 Å². The first-order valence-corrected chi connectivity index (χ1v) is 7.89. The molecule has 6 nitrogen and oxygen atoms in total. The van der Waals surface area contributed by atoms with Gasteiger partial charge < -0.3 is 10.1 Å². The molecular formula is C12H16FN3O3S. The van der Waals surface area contributed by atoms with E-state index in [1.54, 1.807) is 0 Å². The quantitative estimate of drug-likeness (QED) is 0.841. The van der Waals surface area contributed by atoms with Crippen LogP contribution in [0.4, 0.5) is 10.1 Å². The van der Waals surface area contributed by atoms with Crippen LogP contribution in [0, 0.1) is 5.82 Å². The van der Waals surface area contributed by atoms with Gasteiger partial charge >= 0.3 is 0 Å². The van der Waals surface area contributed by atoms with Crippen molar-refractivity contribution >= 4 is 21.5 Å². The molecule has 0 radical (unpaired) electrons. The number of methoxy groups -OCH3 is 1. The predicted molar refractivity (Wildman–Crippen MR) is 75.4 cm³/mol. The first-order chi connectivity index (χ1) is 9.39. The van der Waals surface area contributed by atoms with Crippen LogP contribution in [-0.4, -0.2) is 40.7 Å². The van der Waals surface area contributed by atoms with Gasteiger partial charge in [0.1, 0.15) is 17.4 Å². The van der Waals surface area contributed by atoms with Gasteiger partial charge in [0.25, 0.3) is 0 Å². The van der Waals surface area contributed by atoms with Crippen LogP contribution in [0.25, 0.3) is 0 Å². The van der Waals surface area contributed by atoms with E-state index in [2.05, 4.69) is 15.0 Å². The molecule has 0 saturated carbocycles. The molecule has 0 saturated heterocycles. The van der Waals surface area contributed by atoms with Crippen LogP contribution in [0.5, 0.6) is 5.75 Å². The minimum absolute atomic E-state index is 0.0811. The van der Waals surface area contributed by atoms with E-state index in [0.717, 1.165) is 24.7 Å². The lowest BCUT2D eigenvalue weighted by atomic mass is 10.1. The van der Waals surface area contributed by atoms with Crippen LogP contribution < -0.4 is 14.8 Å². The molecule has 20 heavy (non-hydrogen) atoms. The number of halogens is 1. The molecule has 0 bridgehead atoms. The maximum absolute atomic E-state index is 14.0. The highest BCUT2D eigenvalue weighted by Gasteiger charge is 2.16. The second kappa shape index (κ2) is 5.66. The number of aliphatic imine (C=N–C) groups is 1. The van der Waals surface area contributed by atoms with Gasteiger partial charge in [-0.25, -0.2) is 12.8 Å². The van der Waals surface area contributed by atoms with Gasteiger partial charge in [0.15, 0.2) is 0 Å². The highest BCUT2D eigenvalue weighted by Crippen LogP contribution is 2.29. The number of hydrogen-bond acceptors (Lipinski definition) is 5. The Morgan fingerprint density at radius 1 is 1.50 bits per heavy atom. The monoisotopic (exact) mass is 301 g/mol. The SMILES string of the molecule is COc1cc(CC2=NCCN2)c(F)cc1NS(C)(=O)=O. The molecule has 0 aromatic heterocycles. The van der Waals surface area contributed by atoms with Crippen molar-refractivity contribution in [2.45, 2.75) is 6.42 Å². The minimum Gasteiger partial charge on any atom is -0.495 e. The average molecular weight is 301 g/mol. The predicted octanol–water partition coefficient (Wildman–Crippen LogP) is 0.750. The normalized spacial score (nSPS) is 14.7. The zero-order valence-electron chi connectivity index (χ0n) is 11.2. The highest BCUT2D eigenvalue weighted by atomic mass is 32.2. The van der Waals surface area contributed by atoms with Gasteiger partial charge in [0.05, 0.1) is 25.6 Å². The van der Waals surface area contributed by atoms with Gasteiger partial charge in [-0.05, 0) is 11.6 Å². The summed E-state index contributed by atoms with van der Waals surface area (Å²) < 4.78 is 43.8. The van der Waals surface area contributed by atoms with Crippen molar-refractivity contribution in [1.82, 2.24) is 5.32 Å². The summed E-state index contributed by atoms with van der Waals surface area (Å²) in [4.78, 5) is 4.20. The Labute approximate surface area is 117 Å². The van der Waals surface area contributed by atoms with Crippen LogP contribution in [0.2, 0.25) is 0 Å². The number of amidine groups is 1. The minimum atomic E-state index is -3.49. The van der Waals surface area contributed by atoms with Gasteiger partial charge in [-0.3, -0.25) is 9.71 Å². The van der Waals surface area contributed by atoms with Crippen LogP contribution in [-0.2, 0) is 16.4 Å². The molecule has 8 heteroatoms. The highest BCUT2D eigenvalue weighted by molar-refractivity contribution is 7.92. The summed E-state index contributed by atoms with van der Waals surface area (Å²) in [5.41, 5.74) is 0.478. The third-order valence-electron chi connectivity index (χ3n) is 2.77. The Morgan fingerprint density at radius 3 is 2.80 bits per heavy atom. The third kappa shape index (κ3) is 3.60. The van der Waals surface area contributed by atoms with Crippen molar-refractivity contribution in [1.29, 1.82) is 0 Å². The van der Waals surface area contributed by atoms with E-state index < -0.39 is 15.8 Å². The zero-order valence-corrected chi connectivity index (χ0v) is 12.1. The maximum Gasteiger partial charge on any atom is 0.229 e. The number of benzene rings is 1. The third-order valence-corrected chi connectivity index (χ3v) is 3.36. The molecule has 0 amide bonds. The summed E-state index contributed by atoms with van der Waals surface area (Å²) in [7, 11) is -2.10. The van der Waals surface area contributed by atoms with Gasteiger partial charge in [0.2, 0.25) is 10.0 Å². The van der Waals surface area contributed by atoms with Crippen molar-refractivity contribution in [2.24, 2.45) is 4.99 Å². The summed E-state index contributed by atoms with van der Waals surface area (Å²) in [5, 5.41) is 3.05. The first-order valence-electron chi connectivity index (χ1n) is 6.00. The molecule has 1 aromatic rings. The van der Waals surface area contributed by atoms with Crippen molar-refractivity contribution in [3.8, 4) is 5.75 Å². The first kappa shape index (κ1) is 14.6. The second-order valence-electron chi connectivity index (χ2n) is 4.45. The number of rotatable bonds is 5. The molecule has 0 atom stereocenters. The van der Waals surface area contributed by atoms with Crippen LogP contribution in [0.15, 0.2) is 17.1 Å². The number of nitrogens with one attached hydrogen (secondary N) is 2. The van der Waals surface area contributed by atoms with Crippen LogP contribution in [0.1, 0.15) is 5.56 Å². The number of nitrogens with zero attached hydrogens (tertiary/aromatic N) is 1. The fourth-order valence-electron chi connectivity index (χ4n) is 1.93. The largest absolute Gasteiger partial charge is 0.495 e. The lowest BCUT2D eigenvalue weighted by molar-refractivity contribution is 0.415. The molecule has 0 spiro atoms. The Kier molecular flexibility index (Phi) is 4.12. The summed E-state index contributed by atoms with van der Waals surface area (Å²) >= 11 is 0. The Bertz CT molecular complexity index is 644. The molecule has 1 aliphatic rings. The standard InChI is InChI=1S/C12H16FN3O3S/c1-19-11-5-8(6-12-14-3-4-15-12)9(13)7-10(11)16-20(2,17)18/h5,7,16H,3-4,6H2,1-2H3,(H,14,15). The molecule has 1 aliphatic heterocycles. The Balaban J connectivity index is 2.31. The molecule has 1 heterocycles. The van der Waals surface area contributed by atoms with E-state index in [9.17, 15) is 12.8 Å². The number of anilines is 1. The Morgan fingerprint density at radius 2 is 2.25 bits per heavy atom. The molecule has 0 unspecified atom stereocenters. The molecule has 0 aliphatic carbocycles. The fourth-order valence-corrected chi connectivity index (χ4v) is 2.48. The number of hydrogen-bond donors (Lipinski definition) is 2. The maximum atomic E-state index is 14.0. The van der Waals surface area contributed by atoms with Crippen LogP contribution in [0.3, 0.4) is 0 Å². The van der Waals surface area contributed by atoms with Crippen molar-refractivity contribution in [2.75, 3.05) is 31.2 Å². The van der Waals surface area contributed by atoms with Crippen molar-refractivity contribution < 1.29 is 17.5 Å². The van der Waals surface area contributed by atoms with E-state index in [1.165, 1.54) is 13.2 Å². The lowest BCUT2D eigenvalue weighted by Gasteiger charge is -2.13. The summed E-state index contributed by atoms with van der Waals surface area (Å²) in [6.45, 7) is 1.43. The van der Waals surface area contributed by atoms with E-state index in [4.69, 9.17) is 4.74 Å². The molecule has 1 aromatic carbocycles. The average Bonchev–Trinajstić information content (AvgIpc) is 2.83. The van der Waals surface area contributed by atoms with Gasteiger partial charge in [-0.1, -0.05) is 0 Å². The number of ether oxygens (including phenoxy) is 1. The van der Waals surface area contributed by atoms with Crippen molar-refractivity contribution in [3.63, 3.8) is 0 Å². The second-order valence-corrected chi connectivity index (χ2v) is 6.20. The van der Waals surface area contributed by atoms with Gasteiger partial charge in [0, 0.05) is 19.0 Å². The molecule has 2 rings (SSSR count). The van der Waals surface area contributed by atoms with Gasteiger partial charge in [-0.2, -0.15) is 0 Å². The summed E-state index contributed by atoms with van der Waals surface area (Å²) in [5.74, 6) is 0.480. The van der Waals surface area contributed by atoms with Crippen LogP contribution >= 0.6 is 0 Å².